The van der Waals surface area contributed by atoms with Crippen LogP contribution < -0.4 is 5.50 Å². The minimum atomic E-state index is -0.724. The van der Waals surface area contributed by atoms with Gasteiger partial charge in [-0.15, -0.1) is 5.50 Å². The van der Waals surface area contributed by atoms with Gasteiger partial charge < -0.3 is 0 Å². The van der Waals surface area contributed by atoms with Gasteiger partial charge in [-0.25, -0.2) is 0 Å². The lowest BCUT2D eigenvalue weighted by molar-refractivity contribution is 1.43. The minimum absolute atomic E-state index is 0.724. The predicted molar refractivity (Wildman–Crippen MR) is 56.2 cm³/mol. The molecule has 0 bridgehead atoms. The second-order valence-electron chi connectivity index (χ2n) is 2.04. The Morgan fingerprint density at radius 2 is 2.00 bits per heavy atom. The van der Waals surface area contributed by atoms with Crippen molar-refractivity contribution in [3.63, 3.8) is 0 Å². The quantitative estimate of drug-likeness (QED) is 0.763. The van der Waals surface area contributed by atoms with Gasteiger partial charge in [-0.2, -0.15) is 0 Å². The maximum absolute atomic E-state index is 5.48. The molecule has 1 unspecified atom stereocenters. The van der Waals surface area contributed by atoms with Crippen molar-refractivity contribution in [2.45, 2.75) is 5.75 Å². The van der Waals surface area contributed by atoms with E-state index in [1.54, 1.807) is 11.4 Å². The monoisotopic (exact) mass is 202 g/mol. The topological polar surface area (TPSA) is 26.0 Å². The molecule has 0 spiro atoms. The Morgan fingerprint density at radius 1 is 1.36 bits per heavy atom. The van der Waals surface area contributed by atoms with E-state index >= 15 is 0 Å². The van der Waals surface area contributed by atoms with Gasteiger partial charge in [0.25, 0.3) is 0 Å². The van der Waals surface area contributed by atoms with Gasteiger partial charge in [-0.1, -0.05) is 30.3 Å². The van der Waals surface area contributed by atoms with Gasteiger partial charge in [-0.3, -0.25) is 0 Å². The van der Waals surface area contributed by atoms with E-state index in [-0.39, 0.29) is 0 Å². The molecule has 0 aliphatic rings. The van der Waals surface area contributed by atoms with Crippen LogP contribution in [0.2, 0.25) is 0 Å². The molecule has 2 N–H and O–H groups in total. The zero-order valence-electron chi connectivity index (χ0n) is 5.93. The molecule has 0 aromatic heterocycles. The summed E-state index contributed by atoms with van der Waals surface area (Å²) in [4.78, 5) is 0. The second-order valence-corrected chi connectivity index (χ2v) is 6.99. The standard InChI is InChI=1S/C7H9NPS2/c8-9(10)11-6-7-4-2-1-3-5-7/h1-5H,6H2,(H2,8,10)/q+1. The summed E-state index contributed by atoms with van der Waals surface area (Å²) in [5.74, 6) is 0.937. The zero-order chi connectivity index (χ0) is 8.10. The second kappa shape index (κ2) is 4.83. The summed E-state index contributed by atoms with van der Waals surface area (Å²) in [6.45, 7) is 0. The van der Waals surface area contributed by atoms with Crippen molar-refractivity contribution in [2.75, 3.05) is 0 Å². The highest BCUT2D eigenvalue weighted by atomic mass is 32.9. The molecule has 1 aromatic rings. The highest BCUT2D eigenvalue weighted by Crippen LogP contribution is 2.32. The highest BCUT2D eigenvalue weighted by molar-refractivity contribution is 8.63. The summed E-state index contributed by atoms with van der Waals surface area (Å²) in [5, 5.41) is 0. The van der Waals surface area contributed by atoms with Crippen molar-refractivity contribution < 1.29 is 0 Å². The molecule has 4 heteroatoms. The number of nitrogens with two attached hydrogens (primary N) is 1. The third kappa shape index (κ3) is 3.82. The van der Waals surface area contributed by atoms with Crippen molar-refractivity contribution in [1.82, 2.24) is 0 Å². The molecule has 1 nitrogen and oxygen atoms in total. The van der Waals surface area contributed by atoms with Gasteiger partial charge in [0.05, 0.1) is 5.75 Å². The lowest BCUT2D eigenvalue weighted by Crippen LogP contribution is -1.78. The number of benzene rings is 1. The Kier molecular flexibility index (Phi) is 4.02. The van der Waals surface area contributed by atoms with Gasteiger partial charge in [-0.05, 0) is 5.56 Å². The molecule has 58 valence electrons. The van der Waals surface area contributed by atoms with Crippen molar-refractivity contribution in [1.29, 1.82) is 0 Å². The Hall–Kier alpha value is 0.0500. The number of rotatable bonds is 3. The molecule has 1 atom stereocenters. The van der Waals surface area contributed by atoms with E-state index in [2.05, 4.69) is 12.1 Å². The Bertz CT molecular complexity index is 237. The first-order chi connectivity index (χ1) is 5.29. The van der Waals surface area contributed by atoms with E-state index in [0.29, 0.717) is 0 Å². The van der Waals surface area contributed by atoms with Gasteiger partial charge >= 0.3 is 6.05 Å². The van der Waals surface area contributed by atoms with Crippen LogP contribution in [-0.4, -0.2) is 0 Å². The Balaban J connectivity index is 2.45. The molecule has 11 heavy (non-hydrogen) atoms. The van der Waals surface area contributed by atoms with E-state index < -0.39 is 6.05 Å². The third-order valence-electron chi connectivity index (χ3n) is 1.20. The molecule has 0 saturated carbocycles. The number of hydrogen-bond acceptors (Lipinski definition) is 2. The lowest BCUT2D eigenvalue weighted by atomic mass is 10.2. The molecule has 0 amide bonds. The summed E-state index contributed by atoms with van der Waals surface area (Å²) in [6, 6.07) is 9.50. The molecule has 0 heterocycles. The molecule has 0 aliphatic heterocycles. The maximum Gasteiger partial charge on any atom is 0.335 e. The molecular weight excluding hydrogens is 193 g/mol. The average molecular weight is 202 g/mol. The van der Waals surface area contributed by atoms with Gasteiger partial charge in [0.1, 0.15) is 11.4 Å². The van der Waals surface area contributed by atoms with Gasteiger partial charge in [0.2, 0.25) is 0 Å². The van der Waals surface area contributed by atoms with Crippen molar-refractivity contribution >= 4 is 29.2 Å². The van der Waals surface area contributed by atoms with Crippen LogP contribution in [0.3, 0.4) is 0 Å². The van der Waals surface area contributed by atoms with Gasteiger partial charge in [0, 0.05) is 0 Å². The summed E-state index contributed by atoms with van der Waals surface area (Å²) in [6.07, 6.45) is 0. The highest BCUT2D eigenvalue weighted by Gasteiger charge is 2.03. The molecular formula is C7H9NPS2+. The molecule has 0 aliphatic carbocycles. The summed E-state index contributed by atoms with van der Waals surface area (Å²) < 4.78 is 0. The largest absolute Gasteiger partial charge is 0.335 e. The van der Waals surface area contributed by atoms with Gasteiger partial charge in [0.15, 0.2) is 11.8 Å². The smallest absolute Gasteiger partial charge is 0.135 e. The zero-order valence-corrected chi connectivity index (χ0v) is 8.46. The fraction of sp³-hybridized carbons (Fsp3) is 0.143. The van der Waals surface area contributed by atoms with E-state index in [4.69, 9.17) is 17.3 Å². The third-order valence-corrected chi connectivity index (χ3v) is 4.02. The van der Waals surface area contributed by atoms with Crippen molar-refractivity contribution in [2.24, 2.45) is 5.50 Å². The average Bonchev–Trinajstić information content (AvgIpc) is 2.03. The maximum atomic E-state index is 5.48. The molecule has 0 radical (unpaired) electrons. The van der Waals surface area contributed by atoms with Crippen LogP contribution in [0.1, 0.15) is 5.56 Å². The summed E-state index contributed by atoms with van der Waals surface area (Å²) in [7, 11) is 0. The molecule has 0 fully saturated rings. The fourth-order valence-corrected chi connectivity index (χ4v) is 2.48. The molecule has 1 aromatic carbocycles. The molecule has 0 saturated heterocycles. The van der Waals surface area contributed by atoms with Crippen LogP contribution in [0.5, 0.6) is 0 Å². The Morgan fingerprint density at radius 3 is 2.55 bits per heavy atom. The summed E-state index contributed by atoms with van der Waals surface area (Å²) in [5.41, 5.74) is 6.77. The first-order valence-electron chi connectivity index (χ1n) is 3.18. The van der Waals surface area contributed by atoms with E-state index in [1.165, 1.54) is 5.56 Å². The Labute approximate surface area is 76.6 Å². The van der Waals surface area contributed by atoms with Crippen LogP contribution in [0.15, 0.2) is 30.3 Å². The van der Waals surface area contributed by atoms with Crippen LogP contribution >= 0.6 is 17.4 Å². The van der Waals surface area contributed by atoms with Crippen LogP contribution in [-0.2, 0) is 17.6 Å². The lowest BCUT2D eigenvalue weighted by Gasteiger charge is -1.91. The van der Waals surface area contributed by atoms with E-state index in [9.17, 15) is 0 Å². The minimum Gasteiger partial charge on any atom is -0.135 e. The SMILES string of the molecule is N[P+](=S)SCc1ccccc1. The van der Waals surface area contributed by atoms with Crippen LogP contribution in [0, 0.1) is 0 Å². The normalized spacial score (nSPS) is 11.2. The molecule has 1 rings (SSSR count). The number of hydrogen-bond donors (Lipinski definition) is 1. The first kappa shape index (κ1) is 9.14. The predicted octanol–water partition coefficient (Wildman–Crippen LogP) is 2.65. The van der Waals surface area contributed by atoms with Crippen LogP contribution in [0.4, 0.5) is 0 Å². The van der Waals surface area contributed by atoms with E-state index in [0.717, 1.165) is 5.75 Å². The first-order valence-corrected chi connectivity index (χ1v) is 7.19. The van der Waals surface area contributed by atoms with E-state index in [1.807, 2.05) is 18.2 Å². The van der Waals surface area contributed by atoms with Crippen LogP contribution in [0.25, 0.3) is 0 Å². The van der Waals surface area contributed by atoms with Crippen molar-refractivity contribution in [3.8, 4) is 0 Å². The van der Waals surface area contributed by atoms with Crippen molar-refractivity contribution in [3.05, 3.63) is 35.9 Å². The fourth-order valence-electron chi connectivity index (χ4n) is 0.712. The summed E-state index contributed by atoms with van der Waals surface area (Å²) >= 11 is 6.53.